The van der Waals surface area contributed by atoms with E-state index in [4.69, 9.17) is 4.74 Å². The number of nitrogens with zero attached hydrogens (tertiary/aromatic N) is 1. The summed E-state index contributed by atoms with van der Waals surface area (Å²) >= 11 is 0. The minimum absolute atomic E-state index is 0.391. The molecule has 0 aromatic carbocycles. The fraction of sp³-hybridized carbons (Fsp3) is 0.500. The van der Waals surface area contributed by atoms with Gasteiger partial charge in [0.2, 0.25) is 0 Å². The average Bonchev–Trinajstić information content (AvgIpc) is 2.01. The summed E-state index contributed by atoms with van der Waals surface area (Å²) in [5, 5.41) is 3.16. The molecular weight excluding hydrogens is 164 g/mol. The number of rotatable bonds is 3. The number of ether oxygens (including phenoxy) is 1. The van der Waals surface area contributed by atoms with E-state index in [0.29, 0.717) is 12.7 Å². The summed E-state index contributed by atoms with van der Waals surface area (Å²) in [6.45, 7) is 4.58. The van der Waals surface area contributed by atoms with Crippen molar-refractivity contribution in [2.75, 3.05) is 13.1 Å². The maximum atomic E-state index is 5.59. The number of pyridine rings is 1. The minimum atomic E-state index is 0.391. The van der Waals surface area contributed by atoms with Crippen molar-refractivity contribution < 1.29 is 4.74 Å². The zero-order valence-electron chi connectivity index (χ0n) is 7.79. The van der Waals surface area contributed by atoms with Crippen LogP contribution in [0.2, 0.25) is 0 Å². The lowest BCUT2D eigenvalue weighted by atomic mass is 10.2. The van der Waals surface area contributed by atoms with Gasteiger partial charge in [0.05, 0.1) is 18.4 Å². The second-order valence-corrected chi connectivity index (χ2v) is 3.36. The molecule has 3 heteroatoms. The quantitative estimate of drug-likeness (QED) is 0.746. The first kappa shape index (κ1) is 8.66. The number of hydrogen-bond donors (Lipinski definition) is 1. The molecule has 0 amide bonds. The normalized spacial score (nSPS) is 17.0. The van der Waals surface area contributed by atoms with Crippen molar-refractivity contribution in [1.82, 2.24) is 10.3 Å². The highest BCUT2D eigenvalue weighted by atomic mass is 16.5. The SMILES string of the molecule is Cc1cccc(COC2CNC2)n1. The van der Waals surface area contributed by atoms with Gasteiger partial charge in [-0.3, -0.25) is 4.98 Å². The summed E-state index contributed by atoms with van der Waals surface area (Å²) in [6.07, 6.45) is 0.391. The predicted octanol–water partition coefficient (Wildman–Crippen LogP) is 0.878. The molecular formula is C10H14N2O. The second-order valence-electron chi connectivity index (χ2n) is 3.36. The Labute approximate surface area is 78.1 Å². The molecule has 1 aliphatic heterocycles. The van der Waals surface area contributed by atoms with Crippen LogP contribution in [0.3, 0.4) is 0 Å². The van der Waals surface area contributed by atoms with Crippen molar-refractivity contribution in [2.45, 2.75) is 19.6 Å². The van der Waals surface area contributed by atoms with Crippen LogP contribution in [0.15, 0.2) is 18.2 Å². The van der Waals surface area contributed by atoms with E-state index in [9.17, 15) is 0 Å². The van der Waals surface area contributed by atoms with Gasteiger partial charge >= 0.3 is 0 Å². The minimum Gasteiger partial charge on any atom is -0.369 e. The summed E-state index contributed by atoms with van der Waals surface area (Å²) in [5.41, 5.74) is 2.07. The second kappa shape index (κ2) is 3.85. The molecule has 1 saturated heterocycles. The predicted molar refractivity (Wildman–Crippen MR) is 50.4 cm³/mol. The van der Waals surface area contributed by atoms with E-state index in [2.05, 4.69) is 10.3 Å². The summed E-state index contributed by atoms with van der Waals surface area (Å²) in [7, 11) is 0. The van der Waals surface area contributed by atoms with Crippen molar-refractivity contribution in [3.8, 4) is 0 Å². The molecule has 13 heavy (non-hydrogen) atoms. The van der Waals surface area contributed by atoms with Crippen molar-refractivity contribution in [1.29, 1.82) is 0 Å². The van der Waals surface area contributed by atoms with Crippen LogP contribution in [-0.2, 0) is 11.3 Å². The van der Waals surface area contributed by atoms with Crippen LogP contribution < -0.4 is 5.32 Å². The Balaban J connectivity index is 1.86. The summed E-state index contributed by atoms with van der Waals surface area (Å²) in [4.78, 5) is 4.36. The molecule has 2 rings (SSSR count). The van der Waals surface area contributed by atoms with E-state index >= 15 is 0 Å². The van der Waals surface area contributed by atoms with Crippen LogP contribution in [0, 0.1) is 6.92 Å². The lowest BCUT2D eigenvalue weighted by Crippen LogP contribution is -2.48. The van der Waals surface area contributed by atoms with E-state index in [1.54, 1.807) is 0 Å². The van der Waals surface area contributed by atoms with Gasteiger partial charge in [-0.25, -0.2) is 0 Å². The summed E-state index contributed by atoms with van der Waals surface area (Å²) < 4.78 is 5.59. The molecule has 3 nitrogen and oxygen atoms in total. The Bertz CT molecular complexity index is 284. The van der Waals surface area contributed by atoms with Crippen molar-refractivity contribution in [2.24, 2.45) is 0 Å². The molecule has 0 bridgehead atoms. The van der Waals surface area contributed by atoms with Gasteiger partial charge in [0.1, 0.15) is 0 Å². The molecule has 0 radical (unpaired) electrons. The summed E-state index contributed by atoms with van der Waals surface area (Å²) in [5.74, 6) is 0. The Morgan fingerprint density at radius 1 is 1.54 bits per heavy atom. The largest absolute Gasteiger partial charge is 0.369 e. The Hall–Kier alpha value is -0.930. The molecule has 1 aromatic rings. The highest BCUT2D eigenvalue weighted by Crippen LogP contribution is 2.04. The molecule has 1 aliphatic rings. The highest BCUT2D eigenvalue weighted by molar-refractivity contribution is 5.09. The standard InChI is InChI=1S/C10H14N2O/c1-8-3-2-4-9(12-8)7-13-10-5-11-6-10/h2-4,10-11H,5-7H2,1H3. The van der Waals surface area contributed by atoms with Crippen LogP contribution in [0.25, 0.3) is 0 Å². The van der Waals surface area contributed by atoms with Gasteiger partial charge in [0, 0.05) is 18.8 Å². The van der Waals surface area contributed by atoms with Crippen molar-refractivity contribution >= 4 is 0 Å². The van der Waals surface area contributed by atoms with E-state index in [0.717, 1.165) is 24.5 Å². The number of aromatic nitrogens is 1. The fourth-order valence-electron chi connectivity index (χ4n) is 1.26. The van der Waals surface area contributed by atoms with Crippen LogP contribution >= 0.6 is 0 Å². The number of aryl methyl sites for hydroxylation is 1. The molecule has 0 spiro atoms. The molecule has 2 heterocycles. The van der Waals surface area contributed by atoms with Gasteiger partial charge in [-0.15, -0.1) is 0 Å². The smallest absolute Gasteiger partial charge is 0.0893 e. The van der Waals surface area contributed by atoms with Crippen molar-refractivity contribution in [3.63, 3.8) is 0 Å². The average molecular weight is 178 g/mol. The third-order valence-corrected chi connectivity index (χ3v) is 2.16. The molecule has 1 N–H and O–H groups in total. The van der Waals surface area contributed by atoms with Crippen LogP contribution in [0.4, 0.5) is 0 Å². The van der Waals surface area contributed by atoms with Gasteiger partial charge in [-0.1, -0.05) is 6.07 Å². The Kier molecular flexibility index (Phi) is 2.57. The van der Waals surface area contributed by atoms with Crippen molar-refractivity contribution in [3.05, 3.63) is 29.6 Å². The fourth-order valence-corrected chi connectivity index (χ4v) is 1.26. The van der Waals surface area contributed by atoms with Gasteiger partial charge in [-0.05, 0) is 19.1 Å². The van der Waals surface area contributed by atoms with Gasteiger partial charge in [-0.2, -0.15) is 0 Å². The highest BCUT2D eigenvalue weighted by Gasteiger charge is 2.16. The topological polar surface area (TPSA) is 34.1 Å². The molecule has 1 fully saturated rings. The summed E-state index contributed by atoms with van der Waals surface area (Å²) in [6, 6.07) is 6.01. The van der Waals surface area contributed by atoms with Gasteiger partial charge < -0.3 is 10.1 Å². The first-order valence-corrected chi connectivity index (χ1v) is 4.59. The number of nitrogens with one attached hydrogen (secondary N) is 1. The Morgan fingerprint density at radius 2 is 2.38 bits per heavy atom. The first-order chi connectivity index (χ1) is 6.34. The van der Waals surface area contributed by atoms with Gasteiger partial charge in [0.15, 0.2) is 0 Å². The lowest BCUT2D eigenvalue weighted by molar-refractivity contribution is 0.00601. The first-order valence-electron chi connectivity index (χ1n) is 4.59. The molecule has 0 aliphatic carbocycles. The monoisotopic (exact) mass is 178 g/mol. The van der Waals surface area contributed by atoms with Crippen LogP contribution in [0.1, 0.15) is 11.4 Å². The number of hydrogen-bond acceptors (Lipinski definition) is 3. The Morgan fingerprint density at radius 3 is 3.00 bits per heavy atom. The van der Waals surface area contributed by atoms with Crippen LogP contribution in [0.5, 0.6) is 0 Å². The molecule has 1 aromatic heterocycles. The lowest BCUT2D eigenvalue weighted by Gasteiger charge is -2.26. The van der Waals surface area contributed by atoms with E-state index in [1.165, 1.54) is 0 Å². The molecule has 70 valence electrons. The van der Waals surface area contributed by atoms with Crippen LogP contribution in [-0.4, -0.2) is 24.2 Å². The zero-order chi connectivity index (χ0) is 9.10. The molecule has 0 saturated carbocycles. The maximum Gasteiger partial charge on any atom is 0.0893 e. The zero-order valence-corrected chi connectivity index (χ0v) is 7.79. The molecule has 0 unspecified atom stereocenters. The third kappa shape index (κ3) is 2.26. The van der Waals surface area contributed by atoms with Gasteiger partial charge in [0.25, 0.3) is 0 Å². The van der Waals surface area contributed by atoms with E-state index < -0.39 is 0 Å². The molecule has 0 atom stereocenters. The third-order valence-electron chi connectivity index (χ3n) is 2.16. The van der Waals surface area contributed by atoms with E-state index in [1.807, 2.05) is 25.1 Å². The van der Waals surface area contributed by atoms with E-state index in [-0.39, 0.29) is 0 Å². The maximum absolute atomic E-state index is 5.59.